The molecule has 1 aliphatic rings. The van der Waals surface area contributed by atoms with Gasteiger partial charge in [0, 0.05) is 0 Å². The highest BCUT2D eigenvalue weighted by molar-refractivity contribution is 6.21. The second kappa shape index (κ2) is 4.84. The molecule has 1 rings (SSSR count). The van der Waals surface area contributed by atoms with Crippen molar-refractivity contribution >= 4 is 11.6 Å². The molecule has 3 heteroatoms. The third-order valence-corrected chi connectivity index (χ3v) is 2.28. The van der Waals surface area contributed by atoms with Crippen molar-refractivity contribution in [1.29, 1.82) is 0 Å². The van der Waals surface area contributed by atoms with Gasteiger partial charge in [-0.2, -0.15) is 0 Å². The van der Waals surface area contributed by atoms with Crippen molar-refractivity contribution in [1.82, 2.24) is 0 Å². The van der Waals surface area contributed by atoms with Crippen molar-refractivity contribution in [3.8, 4) is 11.8 Å². The monoisotopic (exact) mass is 214 g/mol. The number of hydrogen-bond acceptors (Lipinski definition) is 2. The normalized spacial score (nSPS) is 26.8. The van der Waals surface area contributed by atoms with Crippen molar-refractivity contribution in [2.75, 3.05) is 6.61 Å². The lowest BCUT2D eigenvalue weighted by Crippen LogP contribution is -2.32. The maximum atomic E-state index is 6.00. The highest BCUT2D eigenvalue weighted by Crippen LogP contribution is 2.24. The molecular formula is C11H15ClO2. The zero-order valence-corrected chi connectivity index (χ0v) is 9.30. The van der Waals surface area contributed by atoms with Crippen LogP contribution in [0.4, 0.5) is 0 Å². The topological polar surface area (TPSA) is 18.5 Å². The summed E-state index contributed by atoms with van der Waals surface area (Å²) in [5.41, 5.74) is -0.545. The lowest BCUT2D eigenvalue weighted by atomic mass is 10.1. The van der Waals surface area contributed by atoms with Gasteiger partial charge in [0.1, 0.15) is 5.60 Å². The van der Waals surface area contributed by atoms with Crippen LogP contribution in [-0.4, -0.2) is 23.9 Å². The molecule has 0 amide bonds. The summed E-state index contributed by atoms with van der Waals surface area (Å²) >= 11 is 6.00. The second-order valence-corrected chi connectivity index (χ2v) is 4.21. The van der Waals surface area contributed by atoms with Crippen LogP contribution in [0, 0.1) is 11.8 Å². The quantitative estimate of drug-likeness (QED) is 0.519. The van der Waals surface area contributed by atoms with E-state index in [0.717, 1.165) is 6.42 Å². The van der Waals surface area contributed by atoms with E-state index in [1.807, 2.05) is 13.8 Å². The molecule has 2 nitrogen and oxygen atoms in total. The zero-order chi connectivity index (χ0) is 10.6. The van der Waals surface area contributed by atoms with Crippen LogP contribution in [0.2, 0.25) is 0 Å². The fourth-order valence-corrected chi connectivity index (χ4v) is 1.40. The lowest BCUT2D eigenvalue weighted by molar-refractivity contribution is -0.156. The molecule has 2 atom stereocenters. The summed E-state index contributed by atoms with van der Waals surface area (Å²) in [7, 11) is 0. The molecule has 0 radical (unpaired) electrons. The maximum Gasteiger partial charge on any atom is 0.175 e. The number of hydrogen-bond donors (Lipinski definition) is 0. The molecule has 0 bridgehead atoms. The van der Waals surface area contributed by atoms with Gasteiger partial charge in [-0.3, -0.25) is 0 Å². The predicted molar refractivity (Wildman–Crippen MR) is 57.1 cm³/mol. The van der Waals surface area contributed by atoms with E-state index in [2.05, 4.69) is 18.4 Å². The van der Waals surface area contributed by atoms with Gasteiger partial charge in [-0.25, -0.2) is 0 Å². The Kier molecular flexibility index (Phi) is 4.00. The van der Waals surface area contributed by atoms with Crippen molar-refractivity contribution in [3.05, 3.63) is 12.7 Å². The SMILES string of the molecule is C=CC#CC(C)(C)OC1OCCC1Cl. The van der Waals surface area contributed by atoms with E-state index in [4.69, 9.17) is 21.1 Å². The predicted octanol–water partition coefficient (Wildman–Crippen LogP) is 2.32. The van der Waals surface area contributed by atoms with Gasteiger partial charge in [0.25, 0.3) is 0 Å². The van der Waals surface area contributed by atoms with Crippen LogP contribution in [0.5, 0.6) is 0 Å². The smallest absolute Gasteiger partial charge is 0.175 e. The third kappa shape index (κ3) is 3.34. The van der Waals surface area contributed by atoms with E-state index in [0.29, 0.717) is 6.61 Å². The molecule has 0 saturated carbocycles. The summed E-state index contributed by atoms with van der Waals surface area (Å²) in [6.07, 6.45) is 2.03. The zero-order valence-electron chi connectivity index (χ0n) is 8.55. The maximum absolute atomic E-state index is 6.00. The third-order valence-electron chi connectivity index (χ3n) is 1.86. The Morgan fingerprint density at radius 2 is 2.36 bits per heavy atom. The Morgan fingerprint density at radius 3 is 2.86 bits per heavy atom. The molecule has 1 fully saturated rings. The minimum absolute atomic E-state index is 0.0696. The van der Waals surface area contributed by atoms with E-state index in [9.17, 15) is 0 Å². The number of halogens is 1. The van der Waals surface area contributed by atoms with Gasteiger partial charge in [-0.05, 0) is 26.3 Å². The fourth-order valence-electron chi connectivity index (χ4n) is 1.19. The second-order valence-electron chi connectivity index (χ2n) is 3.65. The molecule has 78 valence electrons. The Hall–Kier alpha value is -0.490. The van der Waals surface area contributed by atoms with E-state index in [1.165, 1.54) is 0 Å². The molecule has 1 aliphatic heterocycles. The molecule has 0 aromatic heterocycles. The first-order valence-electron chi connectivity index (χ1n) is 4.62. The van der Waals surface area contributed by atoms with Gasteiger partial charge >= 0.3 is 0 Å². The van der Waals surface area contributed by atoms with Crippen LogP contribution in [0.25, 0.3) is 0 Å². The Morgan fingerprint density at radius 1 is 1.64 bits per heavy atom. The molecule has 0 aromatic rings. The highest BCUT2D eigenvalue weighted by Gasteiger charge is 2.32. The van der Waals surface area contributed by atoms with Crippen molar-refractivity contribution < 1.29 is 9.47 Å². The van der Waals surface area contributed by atoms with E-state index < -0.39 is 5.60 Å². The molecule has 0 aromatic carbocycles. The van der Waals surface area contributed by atoms with Gasteiger partial charge in [0.15, 0.2) is 6.29 Å². The Balaban J connectivity index is 2.53. The highest BCUT2D eigenvalue weighted by atomic mass is 35.5. The van der Waals surface area contributed by atoms with Crippen molar-refractivity contribution in [3.63, 3.8) is 0 Å². The largest absolute Gasteiger partial charge is 0.351 e. The van der Waals surface area contributed by atoms with Crippen LogP contribution < -0.4 is 0 Å². The molecule has 1 heterocycles. The van der Waals surface area contributed by atoms with Crippen molar-refractivity contribution in [2.45, 2.75) is 37.5 Å². The summed E-state index contributed by atoms with van der Waals surface area (Å²) in [5, 5.41) is -0.0696. The van der Waals surface area contributed by atoms with Crippen LogP contribution in [0.3, 0.4) is 0 Å². The van der Waals surface area contributed by atoms with Gasteiger partial charge < -0.3 is 9.47 Å². The summed E-state index contributed by atoms with van der Waals surface area (Å²) < 4.78 is 11.0. The molecule has 2 unspecified atom stereocenters. The lowest BCUT2D eigenvalue weighted by Gasteiger charge is -2.24. The van der Waals surface area contributed by atoms with E-state index >= 15 is 0 Å². The standard InChI is InChI=1S/C11H15ClO2/c1-4-5-7-11(2,3)14-10-9(12)6-8-13-10/h4,9-10H,1,6,8H2,2-3H3. The number of alkyl halides is 1. The first kappa shape index (κ1) is 11.6. The molecule has 0 spiro atoms. The molecule has 14 heavy (non-hydrogen) atoms. The average Bonchev–Trinajstić information content (AvgIpc) is 2.48. The van der Waals surface area contributed by atoms with Crippen LogP contribution in [-0.2, 0) is 9.47 Å². The summed E-state index contributed by atoms with van der Waals surface area (Å²) in [4.78, 5) is 0. The van der Waals surface area contributed by atoms with Gasteiger partial charge in [-0.1, -0.05) is 18.4 Å². The average molecular weight is 215 g/mol. The number of ether oxygens (including phenoxy) is 2. The van der Waals surface area contributed by atoms with Gasteiger partial charge in [-0.15, -0.1) is 11.6 Å². The summed E-state index contributed by atoms with van der Waals surface area (Å²) in [5.74, 6) is 5.69. The molecular weight excluding hydrogens is 200 g/mol. The first-order chi connectivity index (χ1) is 6.55. The van der Waals surface area contributed by atoms with E-state index in [1.54, 1.807) is 6.08 Å². The molecule has 0 N–H and O–H groups in total. The van der Waals surface area contributed by atoms with E-state index in [-0.39, 0.29) is 11.7 Å². The molecule has 0 aliphatic carbocycles. The van der Waals surface area contributed by atoms with Crippen molar-refractivity contribution in [2.24, 2.45) is 0 Å². The number of rotatable bonds is 2. The van der Waals surface area contributed by atoms with Crippen LogP contribution >= 0.6 is 11.6 Å². The Labute approximate surface area is 90.2 Å². The van der Waals surface area contributed by atoms with Gasteiger partial charge in [0.2, 0.25) is 0 Å². The number of allylic oxidation sites excluding steroid dienone is 1. The minimum Gasteiger partial charge on any atom is -0.351 e. The molecule has 1 saturated heterocycles. The Bertz CT molecular complexity index is 262. The van der Waals surface area contributed by atoms with Crippen LogP contribution in [0.1, 0.15) is 20.3 Å². The summed E-state index contributed by atoms with van der Waals surface area (Å²) in [6.45, 7) is 7.95. The van der Waals surface area contributed by atoms with Gasteiger partial charge in [0.05, 0.1) is 12.0 Å². The van der Waals surface area contributed by atoms with Crippen LogP contribution in [0.15, 0.2) is 12.7 Å². The summed E-state index contributed by atoms with van der Waals surface area (Å²) in [6, 6.07) is 0. The first-order valence-corrected chi connectivity index (χ1v) is 5.06. The minimum atomic E-state index is -0.545. The fraction of sp³-hybridized carbons (Fsp3) is 0.636.